The van der Waals surface area contributed by atoms with Crippen LogP contribution in [-0.2, 0) is 4.74 Å². The number of hydrogen-bond acceptors (Lipinski definition) is 5. The van der Waals surface area contributed by atoms with Gasteiger partial charge in [0, 0.05) is 17.3 Å². The van der Waals surface area contributed by atoms with Crippen molar-refractivity contribution in [3.8, 4) is 11.8 Å². The van der Waals surface area contributed by atoms with E-state index in [-0.39, 0.29) is 35.2 Å². The molecule has 1 saturated heterocycles. The van der Waals surface area contributed by atoms with Gasteiger partial charge in [0.1, 0.15) is 11.9 Å². The molecule has 0 aromatic carbocycles. The van der Waals surface area contributed by atoms with Crippen molar-refractivity contribution in [2.45, 2.75) is 19.3 Å². The number of rotatable bonds is 2. The van der Waals surface area contributed by atoms with Crippen LogP contribution in [-0.4, -0.2) is 27.4 Å². The number of ether oxygens (including phenoxy) is 1. The van der Waals surface area contributed by atoms with Crippen molar-refractivity contribution in [2.75, 3.05) is 12.3 Å². The summed E-state index contributed by atoms with van der Waals surface area (Å²) in [4.78, 5) is 15.5. The van der Waals surface area contributed by atoms with Crippen molar-refractivity contribution in [3.63, 3.8) is 0 Å². The number of nitrogens with two attached hydrogens (primary N) is 1. The largest absolute Gasteiger partial charge is 0.393 e. The fraction of sp³-hybridized carbons (Fsp3) is 0.286. The van der Waals surface area contributed by atoms with E-state index >= 15 is 0 Å². The molecule has 6 nitrogen and oxygen atoms in total. The predicted octanol–water partition coefficient (Wildman–Crippen LogP) is 0.793. The van der Waals surface area contributed by atoms with Gasteiger partial charge in [0.2, 0.25) is 0 Å². The highest BCUT2D eigenvalue weighted by molar-refractivity contribution is 5.49. The number of hydrogen-bond donors (Lipinski definition) is 2. The molecule has 1 fully saturated rings. The van der Waals surface area contributed by atoms with Gasteiger partial charge in [-0.3, -0.25) is 4.57 Å². The monoisotopic (exact) mass is 309 g/mol. The zero-order valence-electron chi connectivity index (χ0n) is 11.6. The molecule has 0 amide bonds. The number of aromatic nitrogens is 2. The summed E-state index contributed by atoms with van der Waals surface area (Å²) < 4.78 is 32.3. The Hall–Kier alpha value is -2.50. The zero-order chi connectivity index (χ0) is 16.3. The lowest BCUT2D eigenvalue weighted by molar-refractivity contribution is -0.00861. The van der Waals surface area contributed by atoms with Crippen molar-refractivity contribution in [3.05, 3.63) is 46.1 Å². The lowest BCUT2D eigenvalue weighted by Gasteiger charge is -2.15. The van der Waals surface area contributed by atoms with Crippen LogP contribution in [0.4, 0.5) is 14.6 Å². The third-order valence-electron chi connectivity index (χ3n) is 3.13. The van der Waals surface area contributed by atoms with Gasteiger partial charge in [0.05, 0.1) is 24.8 Å². The van der Waals surface area contributed by atoms with Gasteiger partial charge in [-0.15, -0.1) is 5.92 Å². The minimum absolute atomic E-state index is 0.0701. The van der Waals surface area contributed by atoms with Crippen LogP contribution in [0.15, 0.2) is 34.8 Å². The van der Waals surface area contributed by atoms with E-state index in [9.17, 15) is 18.7 Å². The van der Waals surface area contributed by atoms with E-state index in [4.69, 9.17) is 10.5 Å². The molecule has 0 radical (unpaired) electrons. The standard InChI is InChI=1S/C14H13F2N3O3/c1-2-3-8-6-19(14(21)18-12(8)17)13-10(5-16)9(4-15)11(7-20)22-13/h4-6,11,13,20H,7H2,1H3,(H2,17,18,21)/b9-4+,10-5+. The Morgan fingerprint density at radius 2 is 2.18 bits per heavy atom. The second-order valence-corrected chi connectivity index (χ2v) is 4.39. The van der Waals surface area contributed by atoms with E-state index in [0.29, 0.717) is 0 Å². The van der Waals surface area contributed by atoms with E-state index in [2.05, 4.69) is 16.8 Å². The third-order valence-corrected chi connectivity index (χ3v) is 3.13. The van der Waals surface area contributed by atoms with Gasteiger partial charge >= 0.3 is 5.69 Å². The topological polar surface area (TPSA) is 90.4 Å². The van der Waals surface area contributed by atoms with E-state index in [1.807, 2.05) is 0 Å². The number of halogens is 2. The van der Waals surface area contributed by atoms with Crippen molar-refractivity contribution < 1.29 is 18.6 Å². The maximum atomic E-state index is 13.1. The van der Waals surface area contributed by atoms with Gasteiger partial charge in [-0.2, -0.15) is 4.98 Å². The molecule has 2 heterocycles. The first-order chi connectivity index (χ1) is 10.6. The maximum absolute atomic E-state index is 13.1. The normalized spacial score (nSPS) is 24.5. The Balaban J connectivity index is 2.58. The van der Waals surface area contributed by atoms with Gasteiger partial charge < -0.3 is 15.6 Å². The fourth-order valence-corrected chi connectivity index (χ4v) is 2.12. The van der Waals surface area contributed by atoms with Crippen molar-refractivity contribution >= 4 is 5.82 Å². The molecule has 0 bridgehead atoms. The summed E-state index contributed by atoms with van der Waals surface area (Å²) in [7, 11) is 0. The van der Waals surface area contributed by atoms with Crippen LogP contribution < -0.4 is 11.4 Å². The molecule has 3 N–H and O–H groups in total. The maximum Gasteiger partial charge on any atom is 0.351 e. The molecule has 1 aromatic rings. The van der Waals surface area contributed by atoms with Gasteiger partial charge in [-0.1, -0.05) is 5.92 Å². The molecule has 8 heteroatoms. The van der Waals surface area contributed by atoms with Gasteiger partial charge in [0.25, 0.3) is 0 Å². The molecule has 2 rings (SSSR count). The molecule has 116 valence electrons. The molecular formula is C14H13F2N3O3. The van der Waals surface area contributed by atoms with E-state index in [1.165, 1.54) is 6.20 Å². The third kappa shape index (κ3) is 2.64. The molecule has 1 aliphatic rings. The van der Waals surface area contributed by atoms with Crippen LogP contribution >= 0.6 is 0 Å². The molecule has 2 unspecified atom stereocenters. The Kier molecular flexibility index (Phi) is 4.70. The van der Waals surface area contributed by atoms with Crippen LogP contribution in [0.2, 0.25) is 0 Å². The lowest BCUT2D eigenvalue weighted by Crippen LogP contribution is -2.29. The number of nitrogen functional groups attached to an aromatic ring is 1. The van der Waals surface area contributed by atoms with Crippen molar-refractivity contribution in [1.82, 2.24) is 9.55 Å². The van der Waals surface area contributed by atoms with Crippen LogP contribution in [0, 0.1) is 11.8 Å². The van der Waals surface area contributed by atoms with Crippen LogP contribution in [0.1, 0.15) is 18.7 Å². The zero-order valence-corrected chi connectivity index (χ0v) is 11.6. The second kappa shape index (κ2) is 6.51. The Morgan fingerprint density at radius 3 is 2.73 bits per heavy atom. The first-order valence-electron chi connectivity index (χ1n) is 6.26. The van der Waals surface area contributed by atoms with Crippen LogP contribution in [0.3, 0.4) is 0 Å². The summed E-state index contributed by atoms with van der Waals surface area (Å²) >= 11 is 0. The number of anilines is 1. The van der Waals surface area contributed by atoms with Crippen molar-refractivity contribution in [1.29, 1.82) is 0 Å². The molecule has 0 spiro atoms. The Labute approximate surface area is 124 Å². The summed E-state index contributed by atoms with van der Waals surface area (Å²) in [6.07, 6.45) is -0.830. The highest BCUT2D eigenvalue weighted by atomic mass is 19.1. The summed E-state index contributed by atoms with van der Waals surface area (Å²) in [6, 6.07) is 0. The van der Waals surface area contributed by atoms with Crippen LogP contribution in [0.5, 0.6) is 0 Å². The van der Waals surface area contributed by atoms with E-state index in [1.54, 1.807) is 6.92 Å². The fourth-order valence-electron chi connectivity index (χ4n) is 2.12. The van der Waals surface area contributed by atoms with Gasteiger partial charge in [0.15, 0.2) is 6.23 Å². The lowest BCUT2D eigenvalue weighted by atomic mass is 10.1. The highest BCUT2D eigenvalue weighted by Gasteiger charge is 2.37. The SMILES string of the molecule is CC#Cc1cn(C2OC(CO)C(=C/F)/C2=C\F)c(=O)nc1N. The average molecular weight is 309 g/mol. The molecule has 2 atom stereocenters. The second-order valence-electron chi connectivity index (χ2n) is 4.39. The first-order valence-corrected chi connectivity index (χ1v) is 6.26. The molecule has 0 saturated carbocycles. The Morgan fingerprint density at radius 1 is 1.50 bits per heavy atom. The minimum Gasteiger partial charge on any atom is -0.393 e. The molecule has 0 aliphatic carbocycles. The average Bonchev–Trinajstić information content (AvgIpc) is 2.87. The first kappa shape index (κ1) is 15.9. The Bertz CT molecular complexity index is 759. The summed E-state index contributed by atoms with van der Waals surface area (Å²) in [5, 5.41) is 9.17. The number of aliphatic hydroxyl groups is 1. The van der Waals surface area contributed by atoms with Crippen LogP contribution in [0.25, 0.3) is 0 Å². The summed E-state index contributed by atoms with van der Waals surface area (Å²) in [6.45, 7) is 1.00. The van der Waals surface area contributed by atoms with E-state index < -0.39 is 24.6 Å². The summed E-state index contributed by atoms with van der Waals surface area (Å²) in [5.41, 5.74) is 4.63. The minimum atomic E-state index is -1.26. The summed E-state index contributed by atoms with van der Waals surface area (Å²) in [5.74, 6) is 5.18. The smallest absolute Gasteiger partial charge is 0.351 e. The predicted molar refractivity (Wildman–Crippen MR) is 74.8 cm³/mol. The van der Waals surface area contributed by atoms with Crippen molar-refractivity contribution in [2.24, 2.45) is 0 Å². The molecular weight excluding hydrogens is 296 g/mol. The number of aliphatic hydroxyl groups excluding tert-OH is 1. The molecule has 1 aromatic heterocycles. The van der Waals surface area contributed by atoms with Gasteiger partial charge in [-0.05, 0) is 6.92 Å². The quantitative estimate of drug-likeness (QED) is 0.788. The molecule has 1 aliphatic heterocycles. The highest BCUT2D eigenvalue weighted by Crippen LogP contribution is 2.37. The van der Waals surface area contributed by atoms with Gasteiger partial charge in [-0.25, -0.2) is 13.6 Å². The van der Waals surface area contributed by atoms with E-state index in [0.717, 1.165) is 4.57 Å². The number of nitrogens with zero attached hydrogens (tertiary/aromatic N) is 2. The molecule has 22 heavy (non-hydrogen) atoms.